The number of piperidine rings is 1. The fraction of sp³-hybridized carbons (Fsp3) is 0.318. The van der Waals surface area contributed by atoms with E-state index >= 15 is 0 Å². The first-order valence-corrected chi connectivity index (χ1v) is 10.1. The van der Waals surface area contributed by atoms with Crippen molar-refractivity contribution in [3.63, 3.8) is 0 Å². The van der Waals surface area contributed by atoms with Crippen LogP contribution in [0.25, 0.3) is 0 Å². The van der Waals surface area contributed by atoms with Gasteiger partial charge in [0, 0.05) is 42.3 Å². The molecular formula is C22H23ClFN3O3. The van der Waals surface area contributed by atoms with Crippen LogP contribution in [-0.2, 0) is 9.59 Å². The summed E-state index contributed by atoms with van der Waals surface area (Å²) in [7, 11) is 1.59. The molecule has 158 valence electrons. The first-order chi connectivity index (χ1) is 14.3. The number of anilines is 1. The van der Waals surface area contributed by atoms with Crippen LogP contribution < -0.4 is 5.32 Å². The van der Waals surface area contributed by atoms with Crippen LogP contribution in [0.15, 0.2) is 48.5 Å². The van der Waals surface area contributed by atoms with Gasteiger partial charge in [0.2, 0.25) is 11.8 Å². The summed E-state index contributed by atoms with van der Waals surface area (Å²) in [5.74, 6) is -1.23. The summed E-state index contributed by atoms with van der Waals surface area (Å²) in [5, 5.41) is 3.23. The Kier molecular flexibility index (Phi) is 7.05. The van der Waals surface area contributed by atoms with Gasteiger partial charge in [-0.25, -0.2) is 4.39 Å². The second-order valence-electron chi connectivity index (χ2n) is 7.33. The van der Waals surface area contributed by atoms with E-state index in [2.05, 4.69) is 5.32 Å². The minimum absolute atomic E-state index is 0.0694. The van der Waals surface area contributed by atoms with Gasteiger partial charge in [-0.1, -0.05) is 17.7 Å². The van der Waals surface area contributed by atoms with Crippen LogP contribution in [0.5, 0.6) is 0 Å². The van der Waals surface area contributed by atoms with Gasteiger partial charge in [0.25, 0.3) is 5.91 Å². The van der Waals surface area contributed by atoms with Crippen LogP contribution in [0.2, 0.25) is 5.02 Å². The number of nitrogens with one attached hydrogen (secondary N) is 1. The monoisotopic (exact) mass is 431 g/mol. The van der Waals surface area contributed by atoms with Crippen LogP contribution in [0.1, 0.15) is 23.2 Å². The van der Waals surface area contributed by atoms with E-state index in [-0.39, 0.29) is 30.2 Å². The summed E-state index contributed by atoms with van der Waals surface area (Å²) >= 11 is 5.91. The minimum Gasteiger partial charge on any atom is -0.339 e. The molecule has 2 aromatic rings. The zero-order valence-electron chi connectivity index (χ0n) is 16.6. The SMILES string of the molecule is CN(CC(=O)Nc1cccc(Cl)c1)C(=O)C1CCN(C(=O)c2ccc(F)cc2)CC1. The van der Waals surface area contributed by atoms with Crippen molar-refractivity contribution in [2.24, 2.45) is 5.92 Å². The van der Waals surface area contributed by atoms with Gasteiger partial charge < -0.3 is 15.1 Å². The highest BCUT2D eigenvalue weighted by Gasteiger charge is 2.30. The molecule has 3 rings (SSSR count). The second-order valence-corrected chi connectivity index (χ2v) is 7.76. The zero-order chi connectivity index (χ0) is 21.7. The molecule has 0 aliphatic carbocycles. The van der Waals surface area contributed by atoms with Crippen molar-refractivity contribution < 1.29 is 18.8 Å². The molecule has 1 heterocycles. The zero-order valence-corrected chi connectivity index (χ0v) is 17.4. The van der Waals surface area contributed by atoms with Crippen molar-refractivity contribution in [1.82, 2.24) is 9.80 Å². The van der Waals surface area contributed by atoms with Gasteiger partial charge in [-0.05, 0) is 55.3 Å². The van der Waals surface area contributed by atoms with E-state index < -0.39 is 5.82 Å². The Labute approximate surface area is 179 Å². The molecule has 0 spiro atoms. The number of rotatable bonds is 5. The van der Waals surface area contributed by atoms with Crippen molar-refractivity contribution in [3.8, 4) is 0 Å². The van der Waals surface area contributed by atoms with Crippen LogP contribution in [0.4, 0.5) is 10.1 Å². The normalized spacial score (nSPS) is 14.3. The maximum absolute atomic E-state index is 13.0. The third-order valence-corrected chi connectivity index (χ3v) is 5.32. The number of carbonyl (C=O) groups is 3. The quantitative estimate of drug-likeness (QED) is 0.788. The molecule has 3 amide bonds. The average Bonchev–Trinajstić information content (AvgIpc) is 2.73. The molecule has 2 aromatic carbocycles. The predicted molar refractivity (Wildman–Crippen MR) is 113 cm³/mol. The first-order valence-electron chi connectivity index (χ1n) is 9.68. The predicted octanol–water partition coefficient (Wildman–Crippen LogP) is 3.43. The molecule has 0 atom stereocenters. The summed E-state index contributed by atoms with van der Waals surface area (Å²) in [6, 6.07) is 12.2. The number of nitrogens with zero attached hydrogens (tertiary/aromatic N) is 2. The molecule has 0 radical (unpaired) electrons. The summed E-state index contributed by atoms with van der Waals surface area (Å²) < 4.78 is 13.0. The van der Waals surface area contributed by atoms with Crippen molar-refractivity contribution in [1.29, 1.82) is 0 Å². The molecule has 1 N–H and O–H groups in total. The third-order valence-electron chi connectivity index (χ3n) is 5.09. The number of carbonyl (C=O) groups excluding carboxylic acids is 3. The van der Waals surface area contributed by atoms with Gasteiger partial charge in [0.05, 0.1) is 6.54 Å². The van der Waals surface area contributed by atoms with E-state index in [1.807, 2.05) is 0 Å². The van der Waals surface area contributed by atoms with Crippen LogP contribution >= 0.6 is 11.6 Å². The fourth-order valence-electron chi connectivity index (χ4n) is 3.48. The molecule has 0 aromatic heterocycles. The maximum Gasteiger partial charge on any atom is 0.253 e. The van der Waals surface area contributed by atoms with Crippen molar-refractivity contribution in [2.45, 2.75) is 12.8 Å². The molecule has 1 saturated heterocycles. The topological polar surface area (TPSA) is 69.7 Å². The Bertz CT molecular complexity index is 927. The Morgan fingerprint density at radius 1 is 1.13 bits per heavy atom. The maximum atomic E-state index is 13.0. The number of halogens is 2. The van der Waals surface area contributed by atoms with Gasteiger partial charge in [0.1, 0.15) is 5.82 Å². The lowest BCUT2D eigenvalue weighted by Crippen LogP contribution is -2.45. The van der Waals surface area contributed by atoms with Gasteiger partial charge in [0.15, 0.2) is 0 Å². The van der Waals surface area contributed by atoms with Gasteiger partial charge in [-0.2, -0.15) is 0 Å². The standard InChI is InChI=1S/C22H23ClFN3O3/c1-26(14-20(28)25-19-4-2-3-17(23)13-19)21(29)16-9-11-27(12-10-16)22(30)15-5-7-18(24)8-6-15/h2-8,13,16H,9-12,14H2,1H3,(H,25,28). The molecule has 30 heavy (non-hydrogen) atoms. The summed E-state index contributed by atoms with van der Waals surface area (Å²) in [5.41, 5.74) is 0.997. The molecule has 1 aliphatic heterocycles. The molecule has 1 fully saturated rings. The van der Waals surface area contributed by atoms with E-state index in [9.17, 15) is 18.8 Å². The number of hydrogen-bond acceptors (Lipinski definition) is 3. The highest BCUT2D eigenvalue weighted by Crippen LogP contribution is 2.21. The molecular weight excluding hydrogens is 409 g/mol. The summed E-state index contributed by atoms with van der Waals surface area (Å²) in [4.78, 5) is 40.5. The Morgan fingerprint density at radius 3 is 2.43 bits per heavy atom. The third kappa shape index (κ3) is 5.57. The number of likely N-dealkylation sites (N-methyl/N-ethyl adjacent to an activating group) is 1. The highest BCUT2D eigenvalue weighted by atomic mass is 35.5. The Hall–Kier alpha value is -2.93. The number of amides is 3. The van der Waals surface area contributed by atoms with Crippen molar-refractivity contribution in [2.75, 3.05) is 32.0 Å². The van der Waals surface area contributed by atoms with E-state index in [1.165, 1.54) is 29.2 Å². The summed E-state index contributed by atoms with van der Waals surface area (Å²) in [6.07, 6.45) is 1.04. The van der Waals surface area contributed by atoms with Crippen LogP contribution in [-0.4, -0.2) is 54.2 Å². The lowest BCUT2D eigenvalue weighted by Gasteiger charge is -2.33. The van der Waals surface area contributed by atoms with Crippen LogP contribution in [0.3, 0.4) is 0 Å². The fourth-order valence-corrected chi connectivity index (χ4v) is 3.67. The lowest BCUT2D eigenvalue weighted by atomic mass is 9.95. The average molecular weight is 432 g/mol. The summed E-state index contributed by atoms with van der Waals surface area (Å²) in [6.45, 7) is 0.810. The lowest BCUT2D eigenvalue weighted by molar-refractivity contribution is -0.138. The smallest absolute Gasteiger partial charge is 0.253 e. The van der Waals surface area contributed by atoms with E-state index in [4.69, 9.17) is 11.6 Å². The van der Waals surface area contributed by atoms with E-state index in [0.29, 0.717) is 42.2 Å². The number of hydrogen-bond donors (Lipinski definition) is 1. The van der Waals surface area contributed by atoms with Crippen molar-refractivity contribution >= 4 is 35.0 Å². The molecule has 0 unspecified atom stereocenters. The van der Waals surface area contributed by atoms with E-state index in [0.717, 1.165) is 0 Å². The van der Waals surface area contributed by atoms with Gasteiger partial charge in [-0.3, -0.25) is 14.4 Å². The Morgan fingerprint density at radius 2 is 1.80 bits per heavy atom. The largest absolute Gasteiger partial charge is 0.339 e. The second kappa shape index (κ2) is 9.71. The molecule has 6 nitrogen and oxygen atoms in total. The van der Waals surface area contributed by atoms with Crippen molar-refractivity contribution in [3.05, 3.63) is 64.9 Å². The minimum atomic E-state index is -0.390. The van der Waals surface area contributed by atoms with E-state index in [1.54, 1.807) is 36.2 Å². The van der Waals surface area contributed by atoms with Crippen LogP contribution in [0, 0.1) is 11.7 Å². The highest BCUT2D eigenvalue weighted by molar-refractivity contribution is 6.30. The van der Waals surface area contributed by atoms with Gasteiger partial charge >= 0.3 is 0 Å². The molecule has 0 bridgehead atoms. The Balaban J connectivity index is 1.48. The van der Waals surface area contributed by atoms with Gasteiger partial charge in [-0.15, -0.1) is 0 Å². The molecule has 8 heteroatoms. The molecule has 0 saturated carbocycles. The number of likely N-dealkylation sites (tertiary alicyclic amines) is 1. The first kappa shape index (κ1) is 21.8. The molecule has 1 aliphatic rings. The number of benzene rings is 2.